The van der Waals surface area contributed by atoms with Gasteiger partial charge < -0.3 is 0 Å². The summed E-state index contributed by atoms with van der Waals surface area (Å²) in [6, 6.07) is 21.8. The van der Waals surface area contributed by atoms with E-state index in [0.29, 0.717) is 36.8 Å². The van der Waals surface area contributed by atoms with Gasteiger partial charge in [-0.2, -0.15) is 4.31 Å². The Balaban J connectivity index is 1.58. The van der Waals surface area contributed by atoms with Crippen LogP contribution in [0.5, 0.6) is 0 Å². The number of hydrogen-bond donors (Lipinski definition) is 0. The lowest BCUT2D eigenvalue weighted by atomic mass is 9.96. The van der Waals surface area contributed by atoms with Crippen molar-refractivity contribution in [2.45, 2.75) is 17.9 Å². The molecule has 0 saturated carbocycles. The SMILES string of the molecule is Cc1ccc(F)cc1S(=O)(=O)N1CCN([C@@H](c2ccccc2)c2ccc(Cl)cc2)CC1. The van der Waals surface area contributed by atoms with Gasteiger partial charge in [0.1, 0.15) is 5.82 Å². The smallest absolute Gasteiger partial charge is 0.243 e. The molecule has 0 aromatic heterocycles. The lowest BCUT2D eigenvalue weighted by molar-refractivity contribution is 0.155. The maximum atomic E-state index is 13.7. The Bertz CT molecular complexity index is 1150. The minimum absolute atomic E-state index is 0.000716. The van der Waals surface area contributed by atoms with E-state index >= 15 is 0 Å². The van der Waals surface area contributed by atoms with Gasteiger partial charge in [-0.25, -0.2) is 12.8 Å². The van der Waals surface area contributed by atoms with Gasteiger partial charge in [0.15, 0.2) is 0 Å². The summed E-state index contributed by atoms with van der Waals surface area (Å²) in [6.45, 7) is 3.50. The topological polar surface area (TPSA) is 40.6 Å². The maximum Gasteiger partial charge on any atom is 0.243 e. The Morgan fingerprint density at radius 1 is 0.871 bits per heavy atom. The van der Waals surface area contributed by atoms with Gasteiger partial charge in [-0.3, -0.25) is 4.90 Å². The normalized spacial score (nSPS) is 16.9. The molecule has 0 unspecified atom stereocenters. The molecular formula is C24H24ClFN2O2S. The lowest BCUT2D eigenvalue weighted by Gasteiger charge is -2.39. The number of benzene rings is 3. The third kappa shape index (κ3) is 4.67. The van der Waals surface area contributed by atoms with E-state index in [4.69, 9.17) is 11.6 Å². The summed E-state index contributed by atoms with van der Waals surface area (Å²) in [4.78, 5) is 2.32. The molecule has 4 rings (SSSR count). The zero-order chi connectivity index (χ0) is 22.0. The van der Waals surface area contributed by atoms with Gasteiger partial charge in [-0.15, -0.1) is 0 Å². The van der Waals surface area contributed by atoms with Crippen LogP contribution in [0.1, 0.15) is 22.7 Å². The molecule has 0 radical (unpaired) electrons. The van der Waals surface area contributed by atoms with Crippen molar-refractivity contribution in [3.63, 3.8) is 0 Å². The Hall–Kier alpha value is -2.25. The molecule has 162 valence electrons. The van der Waals surface area contributed by atoms with Crippen LogP contribution in [0.25, 0.3) is 0 Å². The molecule has 0 amide bonds. The van der Waals surface area contributed by atoms with Gasteiger partial charge in [-0.05, 0) is 47.9 Å². The summed E-state index contributed by atoms with van der Waals surface area (Å²) >= 11 is 6.09. The largest absolute Gasteiger partial charge is 0.290 e. The predicted molar refractivity (Wildman–Crippen MR) is 121 cm³/mol. The first-order chi connectivity index (χ1) is 14.9. The van der Waals surface area contributed by atoms with Crippen LogP contribution in [0.15, 0.2) is 77.7 Å². The third-order valence-electron chi connectivity index (χ3n) is 5.71. The number of nitrogens with zero attached hydrogens (tertiary/aromatic N) is 2. The second kappa shape index (κ2) is 9.09. The van der Waals surface area contributed by atoms with E-state index < -0.39 is 15.8 Å². The monoisotopic (exact) mass is 458 g/mol. The van der Waals surface area contributed by atoms with Gasteiger partial charge in [0.25, 0.3) is 0 Å². The summed E-state index contributed by atoms with van der Waals surface area (Å²) in [7, 11) is -3.75. The van der Waals surface area contributed by atoms with Crippen molar-refractivity contribution in [3.05, 3.63) is 100 Å². The molecule has 1 fully saturated rings. The van der Waals surface area contributed by atoms with E-state index in [9.17, 15) is 12.8 Å². The Labute approximate surface area is 187 Å². The van der Waals surface area contributed by atoms with Crippen LogP contribution < -0.4 is 0 Å². The van der Waals surface area contributed by atoms with Crippen LogP contribution in [-0.2, 0) is 10.0 Å². The fourth-order valence-corrected chi connectivity index (χ4v) is 5.87. The zero-order valence-corrected chi connectivity index (χ0v) is 18.8. The number of sulfonamides is 1. The predicted octanol–water partition coefficient (Wildman–Crippen LogP) is 4.88. The third-order valence-corrected chi connectivity index (χ3v) is 8.00. The van der Waals surface area contributed by atoms with Crippen LogP contribution in [0, 0.1) is 12.7 Å². The van der Waals surface area contributed by atoms with Crippen molar-refractivity contribution in [2.24, 2.45) is 0 Å². The summed E-state index contributed by atoms with van der Waals surface area (Å²) in [5, 5.41) is 0.678. The number of piperazine rings is 1. The molecule has 0 spiro atoms. The summed E-state index contributed by atoms with van der Waals surface area (Å²) in [5.41, 5.74) is 2.79. The highest BCUT2D eigenvalue weighted by molar-refractivity contribution is 7.89. The highest BCUT2D eigenvalue weighted by atomic mass is 35.5. The van der Waals surface area contributed by atoms with Gasteiger partial charge >= 0.3 is 0 Å². The van der Waals surface area contributed by atoms with E-state index in [1.807, 2.05) is 42.5 Å². The number of aryl methyl sites for hydroxylation is 1. The highest BCUT2D eigenvalue weighted by Crippen LogP contribution is 2.31. The second-order valence-electron chi connectivity index (χ2n) is 7.71. The molecule has 1 aliphatic heterocycles. The van der Waals surface area contributed by atoms with Crippen LogP contribution in [0.2, 0.25) is 5.02 Å². The summed E-state index contributed by atoms with van der Waals surface area (Å²) in [5.74, 6) is -0.547. The standard InChI is InChI=1S/C24H24ClFN2O2S/c1-18-7-12-22(26)17-23(18)31(29,30)28-15-13-27(14-16-28)24(19-5-3-2-4-6-19)20-8-10-21(25)11-9-20/h2-12,17,24H,13-16H2,1H3/t24-/m0/s1. The van der Waals surface area contributed by atoms with Crippen LogP contribution in [0.4, 0.5) is 4.39 Å². The summed E-state index contributed by atoms with van der Waals surface area (Å²) < 4.78 is 41.5. The van der Waals surface area contributed by atoms with E-state index in [0.717, 1.165) is 17.2 Å². The van der Waals surface area contributed by atoms with Crippen molar-refractivity contribution in [1.29, 1.82) is 0 Å². The molecule has 0 N–H and O–H groups in total. The van der Waals surface area contributed by atoms with E-state index in [1.54, 1.807) is 6.92 Å². The van der Waals surface area contributed by atoms with Crippen molar-refractivity contribution in [1.82, 2.24) is 9.21 Å². The minimum atomic E-state index is -3.75. The fourth-order valence-electron chi connectivity index (χ4n) is 4.09. The Kier molecular flexibility index (Phi) is 6.44. The second-order valence-corrected chi connectivity index (χ2v) is 10.1. The van der Waals surface area contributed by atoms with Gasteiger partial charge in [-0.1, -0.05) is 60.1 Å². The van der Waals surface area contributed by atoms with Crippen LogP contribution in [-0.4, -0.2) is 43.8 Å². The molecule has 1 saturated heterocycles. The number of halogens is 2. The first-order valence-electron chi connectivity index (χ1n) is 10.2. The molecule has 3 aromatic rings. The molecule has 3 aromatic carbocycles. The average molecular weight is 459 g/mol. The molecule has 7 heteroatoms. The van der Waals surface area contributed by atoms with Gasteiger partial charge in [0.2, 0.25) is 10.0 Å². The lowest BCUT2D eigenvalue weighted by Crippen LogP contribution is -2.49. The molecule has 31 heavy (non-hydrogen) atoms. The molecular weight excluding hydrogens is 435 g/mol. The average Bonchev–Trinajstić information content (AvgIpc) is 2.78. The Morgan fingerprint density at radius 2 is 1.48 bits per heavy atom. The van der Waals surface area contributed by atoms with Crippen molar-refractivity contribution in [3.8, 4) is 0 Å². The van der Waals surface area contributed by atoms with Crippen LogP contribution in [0.3, 0.4) is 0 Å². The van der Waals surface area contributed by atoms with E-state index in [2.05, 4.69) is 17.0 Å². The highest BCUT2D eigenvalue weighted by Gasteiger charge is 2.33. The number of rotatable bonds is 5. The van der Waals surface area contributed by atoms with Crippen LogP contribution >= 0.6 is 11.6 Å². The maximum absolute atomic E-state index is 13.7. The number of hydrogen-bond acceptors (Lipinski definition) is 3. The molecule has 1 aliphatic rings. The first-order valence-corrected chi connectivity index (χ1v) is 12.0. The van der Waals surface area contributed by atoms with Crippen molar-refractivity contribution in [2.75, 3.05) is 26.2 Å². The Morgan fingerprint density at radius 3 is 2.13 bits per heavy atom. The van der Waals surface area contributed by atoms with Crippen molar-refractivity contribution >= 4 is 21.6 Å². The molecule has 1 atom stereocenters. The minimum Gasteiger partial charge on any atom is -0.290 e. The van der Waals surface area contributed by atoms with Gasteiger partial charge in [0.05, 0.1) is 10.9 Å². The molecule has 0 bridgehead atoms. The van der Waals surface area contributed by atoms with E-state index in [-0.39, 0.29) is 10.9 Å². The molecule has 1 heterocycles. The quantitative estimate of drug-likeness (QED) is 0.547. The van der Waals surface area contributed by atoms with Crippen molar-refractivity contribution < 1.29 is 12.8 Å². The zero-order valence-electron chi connectivity index (χ0n) is 17.2. The van der Waals surface area contributed by atoms with Gasteiger partial charge in [0, 0.05) is 31.2 Å². The summed E-state index contributed by atoms with van der Waals surface area (Å²) in [6.07, 6.45) is 0. The fraction of sp³-hybridized carbons (Fsp3) is 0.250. The molecule has 4 nitrogen and oxygen atoms in total. The van der Waals surface area contributed by atoms with E-state index in [1.165, 1.54) is 16.4 Å². The first kappa shape index (κ1) is 22.0. The molecule has 0 aliphatic carbocycles.